The van der Waals surface area contributed by atoms with Crippen molar-refractivity contribution in [3.8, 4) is 11.3 Å². The molecule has 4 heterocycles. The maximum Gasteiger partial charge on any atom is 0.163 e. The summed E-state index contributed by atoms with van der Waals surface area (Å²) >= 11 is 6.35. The molecule has 8 nitrogen and oxygen atoms in total. The van der Waals surface area contributed by atoms with Gasteiger partial charge in [0.25, 0.3) is 0 Å². The maximum atomic E-state index is 10.1. The third-order valence-electron chi connectivity index (χ3n) is 5.76. The second-order valence-corrected chi connectivity index (χ2v) is 7.99. The number of fused-ring (bicyclic) bond motifs is 1. The number of H-pyrrole nitrogens is 1. The zero-order valence-electron chi connectivity index (χ0n) is 17.2. The van der Waals surface area contributed by atoms with Crippen LogP contribution in [0.25, 0.3) is 16.9 Å². The van der Waals surface area contributed by atoms with Crippen LogP contribution in [0.4, 0.5) is 5.82 Å². The molecule has 0 bridgehead atoms. The van der Waals surface area contributed by atoms with Crippen molar-refractivity contribution in [2.45, 2.75) is 20.0 Å². The molecular weight excluding hydrogens is 416 g/mol. The fraction of sp³-hybridized carbons (Fsp3) is 0.318. The van der Waals surface area contributed by atoms with Crippen LogP contribution in [0.1, 0.15) is 22.5 Å². The van der Waals surface area contributed by atoms with E-state index in [-0.39, 0.29) is 6.61 Å². The first-order valence-electron chi connectivity index (χ1n) is 10.2. The number of anilines is 1. The van der Waals surface area contributed by atoms with Crippen LogP contribution < -0.4 is 4.90 Å². The van der Waals surface area contributed by atoms with Gasteiger partial charge in [0.2, 0.25) is 0 Å². The SMILES string of the molecule is Cc1c(Cl)cccc1Cc1c(CO)nc2c(-c3cnc[nH]3)cc(N3CCOCC3)nn12. The van der Waals surface area contributed by atoms with E-state index in [4.69, 9.17) is 26.4 Å². The topological polar surface area (TPSA) is 91.6 Å². The molecule has 1 fully saturated rings. The molecule has 0 aliphatic carbocycles. The molecular formula is C22H23ClN6O2. The summed E-state index contributed by atoms with van der Waals surface area (Å²) in [4.78, 5) is 14.3. The lowest BCUT2D eigenvalue weighted by molar-refractivity contribution is 0.122. The van der Waals surface area contributed by atoms with Gasteiger partial charge in [-0.15, -0.1) is 5.10 Å². The summed E-state index contributed by atoms with van der Waals surface area (Å²) in [6.45, 7) is 4.70. The van der Waals surface area contributed by atoms with Gasteiger partial charge in [-0.05, 0) is 30.2 Å². The fourth-order valence-electron chi connectivity index (χ4n) is 3.97. The quantitative estimate of drug-likeness (QED) is 0.497. The standard InChI is InChI=1S/C22H23ClN6O2/c1-14-15(3-2-4-17(14)23)9-20-19(12-30)26-22-16(18-11-24-13-25-18)10-21(27-29(20)22)28-5-7-31-8-6-28/h2-4,10-11,13,30H,5-9,12H2,1H3,(H,24,25). The van der Waals surface area contributed by atoms with Gasteiger partial charge in [-0.2, -0.15) is 0 Å². The summed E-state index contributed by atoms with van der Waals surface area (Å²) in [5.41, 5.74) is 5.96. The predicted molar refractivity (Wildman–Crippen MR) is 119 cm³/mol. The number of aromatic nitrogens is 5. The molecule has 0 atom stereocenters. The van der Waals surface area contributed by atoms with Crippen molar-refractivity contribution >= 4 is 23.1 Å². The van der Waals surface area contributed by atoms with E-state index in [1.807, 2.05) is 35.7 Å². The second-order valence-electron chi connectivity index (χ2n) is 7.58. The number of aliphatic hydroxyl groups excluding tert-OH is 1. The Kier molecular flexibility index (Phi) is 5.35. The Bertz CT molecular complexity index is 1210. The number of hydrogen-bond acceptors (Lipinski definition) is 6. The minimum Gasteiger partial charge on any atom is -0.390 e. The number of halogens is 1. The summed E-state index contributed by atoms with van der Waals surface area (Å²) in [6, 6.07) is 7.89. The van der Waals surface area contributed by atoms with Crippen molar-refractivity contribution < 1.29 is 9.84 Å². The first-order valence-corrected chi connectivity index (χ1v) is 10.6. The van der Waals surface area contributed by atoms with Gasteiger partial charge in [0.05, 0.1) is 49.4 Å². The minimum atomic E-state index is -0.173. The lowest BCUT2D eigenvalue weighted by atomic mass is 10.0. The molecule has 4 aromatic rings. The van der Waals surface area contributed by atoms with Crippen LogP contribution >= 0.6 is 11.6 Å². The van der Waals surface area contributed by atoms with E-state index in [2.05, 4.69) is 14.9 Å². The Labute approximate surface area is 184 Å². The van der Waals surface area contributed by atoms with Gasteiger partial charge in [0.1, 0.15) is 0 Å². The third kappa shape index (κ3) is 3.67. The molecule has 0 unspecified atom stereocenters. The molecule has 5 rings (SSSR count). The lowest BCUT2D eigenvalue weighted by Crippen LogP contribution is -2.37. The van der Waals surface area contributed by atoms with Gasteiger partial charge >= 0.3 is 0 Å². The zero-order valence-corrected chi connectivity index (χ0v) is 17.9. The molecule has 3 aromatic heterocycles. The molecule has 0 amide bonds. The average Bonchev–Trinajstić information content (AvgIpc) is 3.45. The molecule has 0 radical (unpaired) electrons. The first-order chi connectivity index (χ1) is 15.2. The van der Waals surface area contributed by atoms with Crippen molar-refractivity contribution in [1.82, 2.24) is 24.6 Å². The van der Waals surface area contributed by atoms with Crippen molar-refractivity contribution in [3.05, 3.63) is 64.3 Å². The maximum absolute atomic E-state index is 10.1. The Hall–Kier alpha value is -2.94. The molecule has 1 saturated heterocycles. The molecule has 1 aliphatic heterocycles. The number of hydrogen-bond donors (Lipinski definition) is 2. The van der Waals surface area contributed by atoms with E-state index >= 15 is 0 Å². The Morgan fingerprint density at radius 1 is 1.26 bits per heavy atom. The highest BCUT2D eigenvalue weighted by atomic mass is 35.5. The summed E-state index contributed by atoms with van der Waals surface area (Å²) in [7, 11) is 0. The van der Waals surface area contributed by atoms with Crippen LogP contribution in [0.2, 0.25) is 5.02 Å². The molecule has 2 N–H and O–H groups in total. The smallest absolute Gasteiger partial charge is 0.163 e. The van der Waals surface area contributed by atoms with E-state index in [1.54, 1.807) is 12.5 Å². The highest BCUT2D eigenvalue weighted by molar-refractivity contribution is 6.31. The van der Waals surface area contributed by atoms with Crippen LogP contribution in [0.5, 0.6) is 0 Å². The number of nitrogens with one attached hydrogen (secondary N) is 1. The average molecular weight is 439 g/mol. The number of aliphatic hydroxyl groups is 1. The van der Waals surface area contributed by atoms with E-state index < -0.39 is 0 Å². The van der Waals surface area contributed by atoms with E-state index in [1.165, 1.54) is 0 Å². The number of aromatic amines is 1. The van der Waals surface area contributed by atoms with Crippen molar-refractivity contribution in [2.75, 3.05) is 31.2 Å². The number of benzene rings is 1. The molecule has 1 aromatic carbocycles. The Morgan fingerprint density at radius 2 is 2.10 bits per heavy atom. The van der Waals surface area contributed by atoms with Gasteiger partial charge in [-0.25, -0.2) is 14.5 Å². The van der Waals surface area contributed by atoms with Crippen LogP contribution in [-0.4, -0.2) is 56.0 Å². The monoisotopic (exact) mass is 438 g/mol. The number of nitrogens with zero attached hydrogens (tertiary/aromatic N) is 5. The third-order valence-corrected chi connectivity index (χ3v) is 6.17. The number of imidazole rings is 2. The van der Waals surface area contributed by atoms with Crippen molar-refractivity contribution in [1.29, 1.82) is 0 Å². The highest BCUT2D eigenvalue weighted by Gasteiger charge is 2.22. The number of ether oxygens (including phenoxy) is 1. The number of morpholine rings is 1. The number of rotatable bonds is 5. The van der Waals surface area contributed by atoms with Gasteiger partial charge in [-0.1, -0.05) is 23.7 Å². The van der Waals surface area contributed by atoms with Crippen LogP contribution in [0.15, 0.2) is 36.8 Å². The molecule has 31 heavy (non-hydrogen) atoms. The minimum absolute atomic E-state index is 0.173. The van der Waals surface area contributed by atoms with Crippen LogP contribution in [0.3, 0.4) is 0 Å². The Balaban J connectivity index is 1.71. The van der Waals surface area contributed by atoms with Gasteiger partial charge in [0, 0.05) is 30.1 Å². The molecule has 9 heteroatoms. The molecule has 0 spiro atoms. The second kappa shape index (κ2) is 8.30. The van der Waals surface area contributed by atoms with Gasteiger partial charge in [-0.3, -0.25) is 0 Å². The van der Waals surface area contributed by atoms with E-state index in [0.29, 0.717) is 31.0 Å². The van der Waals surface area contributed by atoms with Gasteiger partial charge in [0.15, 0.2) is 11.5 Å². The zero-order chi connectivity index (χ0) is 21.4. The predicted octanol–water partition coefficient (Wildman–Crippen LogP) is 3.00. The highest BCUT2D eigenvalue weighted by Crippen LogP contribution is 2.30. The molecule has 1 aliphatic rings. The summed E-state index contributed by atoms with van der Waals surface area (Å²) in [6.07, 6.45) is 3.98. The lowest BCUT2D eigenvalue weighted by Gasteiger charge is -2.28. The van der Waals surface area contributed by atoms with Gasteiger partial charge < -0.3 is 19.7 Å². The summed E-state index contributed by atoms with van der Waals surface area (Å²) < 4.78 is 7.36. The first kappa shape index (κ1) is 20.0. The molecule has 0 saturated carbocycles. The van der Waals surface area contributed by atoms with Crippen molar-refractivity contribution in [3.63, 3.8) is 0 Å². The van der Waals surface area contributed by atoms with Crippen molar-refractivity contribution in [2.24, 2.45) is 0 Å². The Morgan fingerprint density at radius 3 is 2.84 bits per heavy atom. The van der Waals surface area contributed by atoms with Crippen LogP contribution in [-0.2, 0) is 17.8 Å². The molecule has 160 valence electrons. The summed E-state index contributed by atoms with van der Waals surface area (Å²) in [5.74, 6) is 0.839. The normalized spacial score (nSPS) is 14.5. The summed E-state index contributed by atoms with van der Waals surface area (Å²) in [5, 5.41) is 15.7. The van der Waals surface area contributed by atoms with Crippen LogP contribution in [0, 0.1) is 6.92 Å². The van der Waals surface area contributed by atoms with E-state index in [9.17, 15) is 5.11 Å². The largest absolute Gasteiger partial charge is 0.390 e. The van der Waals surface area contributed by atoms with E-state index in [0.717, 1.165) is 52.0 Å². The fourth-order valence-corrected chi connectivity index (χ4v) is 4.17.